The first-order valence-electron chi connectivity index (χ1n) is 11.6. The standard InChI is InChI=1S/C28H27ClN2O5/c1-4-30(5-2)19-10-12-20(13-11-19)31-25(17-7-6-8-21(32)15-17)24(27(34)28(31)35)26(33)22-16-18(29)9-14-23(22)36-3/h6-16,25,32-33H,4-5H2,1-3H3/b26-24+. The van der Waals surface area contributed by atoms with E-state index in [2.05, 4.69) is 18.7 Å². The number of aliphatic hydroxyl groups is 1. The Labute approximate surface area is 214 Å². The molecule has 2 N–H and O–H groups in total. The number of hydrogen-bond donors (Lipinski definition) is 2. The van der Waals surface area contributed by atoms with Crippen LogP contribution in [0.25, 0.3) is 5.76 Å². The summed E-state index contributed by atoms with van der Waals surface area (Å²) in [6.07, 6.45) is 0. The predicted octanol–water partition coefficient (Wildman–Crippen LogP) is 5.53. The fourth-order valence-corrected chi connectivity index (χ4v) is 4.70. The topological polar surface area (TPSA) is 90.3 Å². The third-order valence-electron chi connectivity index (χ3n) is 6.30. The molecule has 0 aliphatic carbocycles. The Kier molecular flexibility index (Phi) is 7.22. The highest BCUT2D eigenvalue weighted by Crippen LogP contribution is 2.44. The van der Waals surface area contributed by atoms with Crippen LogP contribution in [-0.4, -0.2) is 42.1 Å². The monoisotopic (exact) mass is 506 g/mol. The minimum absolute atomic E-state index is 0.0321. The number of aliphatic hydroxyl groups excluding tert-OH is 1. The van der Waals surface area contributed by atoms with Crippen LogP contribution in [0.4, 0.5) is 11.4 Å². The van der Waals surface area contributed by atoms with Gasteiger partial charge in [0.15, 0.2) is 0 Å². The second kappa shape index (κ2) is 10.3. The summed E-state index contributed by atoms with van der Waals surface area (Å²) in [5.74, 6) is -1.79. The third-order valence-corrected chi connectivity index (χ3v) is 6.54. The largest absolute Gasteiger partial charge is 0.508 e. The Balaban J connectivity index is 1.92. The molecule has 1 fully saturated rings. The smallest absolute Gasteiger partial charge is 0.300 e. The molecule has 1 heterocycles. The van der Waals surface area contributed by atoms with Crippen LogP contribution < -0.4 is 14.5 Å². The number of anilines is 2. The number of amides is 1. The number of phenols is 1. The van der Waals surface area contributed by atoms with E-state index < -0.39 is 23.5 Å². The second-order valence-electron chi connectivity index (χ2n) is 8.30. The molecule has 186 valence electrons. The summed E-state index contributed by atoms with van der Waals surface area (Å²) in [6, 6.07) is 17.3. The van der Waals surface area contributed by atoms with E-state index in [4.69, 9.17) is 16.3 Å². The summed E-state index contributed by atoms with van der Waals surface area (Å²) >= 11 is 6.16. The zero-order chi connectivity index (χ0) is 26.0. The summed E-state index contributed by atoms with van der Waals surface area (Å²) in [7, 11) is 1.43. The lowest BCUT2D eigenvalue weighted by Gasteiger charge is -2.27. The molecule has 7 nitrogen and oxygen atoms in total. The molecule has 0 radical (unpaired) electrons. The van der Waals surface area contributed by atoms with Crippen molar-refractivity contribution in [1.82, 2.24) is 0 Å². The lowest BCUT2D eigenvalue weighted by Crippen LogP contribution is -2.29. The van der Waals surface area contributed by atoms with Crippen molar-refractivity contribution in [3.05, 3.63) is 88.5 Å². The third kappa shape index (κ3) is 4.50. The zero-order valence-corrected chi connectivity index (χ0v) is 21.0. The number of rotatable bonds is 7. The molecule has 36 heavy (non-hydrogen) atoms. The number of aromatic hydroxyl groups is 1. The van der Waals surface area contributed by atoms with E-state index in [0.717, 1.165) is 18.8 Å². The number of hydrogen-bond acceptors (Lipinski definition) is 6. The molecule has 1 unspecified atom stereocenters. The van der Waals surface area contributed by atoms with Gasteiger partial charge in [-0.05, 0) is 74.0 Å². The van der Waals surface area contributed by atoms with E-state index in [0.29, 0.717) is 22.0 Å². The van der Waals surface area contributed by atoms with Gasteiger partial charge in [-0.2, -0.15) is 0 Å². The van der Waals surface area contributed by atoms with E-state index in [9.17, 15) is 19.8 Å². The van der Waals surface area contributed by atoms with Crippen LogP contribution in [0, 0.1) is 0 Å². The molecule has 1 aliphatic heterocycles. The van der Waals surface area contributed by atoms with Crippen LogP contribution in [0.3, 0.4) is 0 Å². The van der Waals surface area contributed by atoms with Crippen LogP contribution in [0.1, 0.15) is 31.0 Å². The number of carbonyl (C=O) groups is 2. The van der Waals surface area contributed by atoms with Gasteiger partial charge in [0.25, 0.3) is 11.7 Å². The Hall–Kier alpha value is -3.97. The van der Waals surface area contributed by atoms with E-state index in [-0.39, 0.29) is 16.9 Å². The SMILES string of the molecule is CCN(CC)c1ccc(N2C(=O)C(=O)/C(=C(/O)c3cc(Cl)ccc3OC)C2c2cccc(O)c2)cc1. The Morgan fingerprint density at radius 1 is 1.03 bits per heavy atom. The summed E-state index contributed by atoms with van der Waals surface area (Å²) in [5, 5.41) is 21.9. The summed E-state index contributed by atoms with van der Waals surface area (Å²) < 4.78 is 5.36. The summed E-state index contributed by atoms with van der Waals surface area (Å²) in [5.41, 5.74) is 1.99. The van der Waals surface area contributed by atoms with Crippen molar-refractivity contribution in [3.8, 4) is 11.5 Å². The van der Waals surface area contributed by atoms with Crippen LogP contribution in [0.2, 0.25) is 5.02 Å². The molecule has 3 aromatic rings. The van der Waals surface area contributed by atoms with Gasteiger partial charge in [-0.1, -0.05) is 23.7 Å². The fraction of sp³-hybridized carbons (Fsp3) is 0.214. The molecule has 4 rings (SSSR count). The number of methoxy groups -OCH3 is 1. The number of Topliss-reactive ketones (excluding diaryl/α,β-unsaturated/α-hetero) is 1. The highest BCUT2D eigenvalue weighted by atomic mass is 35.5. The molecule has 0 aromatic heterocycles. The molecular weight excluding hydrogens is 480 g/mol. The van der Waals surface area contributed by atoms with Gasteiger partial charge in [-0.25, -0.2) is 0 Å². The Morgan fingerprint density at radius 3 is 2.33 bits per heavy atom. The number of carbonyl (C=O) groups excluding carboxylic acids is 2. The number of ether oxygens (including phenoxy) is 1. The van der Waals surface area contributed by atoms with E-state index in [1.165, 1.54) is 30.2 Å². The van der Waals surface area contributed by atoms with Gasteiger partial charge in [-0.15, -0.1) is 0 Å². The van der Waals surface area contributed by atoms with Crippen molar-refractivity contribution in [2.24, 2.45) is 0 Å². The molecular formula is C28H27ClN2O5. The van der Waals surface area contributed by atoms with E-state index in [1.54, 1.807) is 36.4 Å². The van der Waals surface area contributed by atoms with Crippen LogP contribution in [-0.2, 0) is 9.59 Å². The van der Waals surface area contributed by atoms with Crippen molar-refractivity contribution in [2.45, 2.75) is 19.9 Å². The quantitative estimate of drug-likeness (QED) is 0.249. The summed E-state index contributed by atoms with van der Waals surface area (Å²) in [4.78, 5) is 30.2. The van der Waals surface area contributed by atoms with Crippen molar-refractivity contribution in [2.75, 3.05) is 30.0 Å². The van der Waals surface area contributed by atoms with Gasteiger partial charge in [0.05, 0.1) is 24.3 Å². The maximum atomic E-state index is 13.4. The maximum Gasteiger partial charge on any atom is 0.300 e. The van der Waals surface area contributed by atoms with Gasteiger partial charge in [0.1, 0.15) is 17.3 Å². The normalized spacial score (nSPS) is 16.9. The van der Waals surface area contributed by atoms with Crippen molar-refractivity contribution in [3.63, 3.8) is 0 Å². The fourth-order valence-electron chi connectivity index (χ4n) is 4.53. The minimum Gasteiger partial charge on any atom is -0.508 e. The molecule has 8 heteroatoms. The highest BCUT2D eigenvalue weighted by molar-refractivity contribution is 6.51. The highest BCUT2D eigenvalue weighted by Gasteiger charge is 2.47. The van der Waals surface area contributed by atoms with Gasteiger partial charge < -0.3 is 19.8 Å². The maximum absolute atomic E-state index is 13.4. The molecule has 0 spiro atoms. The molecule has 0 saturated carbocycles. The average molecular weight is 507 g/mol. The molecule has 1 atom stereocenters. The first-order chi connectivity index (χ1) is 17.3. The number of halogens is 1. The molecule has 3 aromatic carbocycles. The first-order valence-corrected chi connectivity index (χ1v) is 12.0. The molecule has 1 saturated heterocycles. The van der Waals surface area contributed by atoms with Crippen LogP contribution >= 0.6 is 11.6 Å². The summed E-state index contributed by atoms with van der Waals surface area (Å²) in [6.45, 7) is 5.76. The second-order valence-corrected chi connectivity index (χ2v) is 8.73. The van der Waals surface area contributed by atoms with Crippen molar-refractivity contribution >= 4 is 40.4 Å². The van der Waals surface area contributed by atoms with Crippen LogP contribution in [0.15, 0.2) is 72.3 Å². The predicted molar refractivity (Wildman–Crippen MR) is 141 cm³/mol. The van der Waals surface area contributed by atoms with Gasteiger partial charge in [0.2, 0.25) is 0 Å². The van der Waals surface area contributed by atoms with Gasteiger partial charge >= 0.3 is 0 Å². The lowest BCUT2D eigenvalue weighted by molar-refractivity contribution is -0.132. The number of benzene rings is 3. The Morgan fingerprint density at radius 2 is 1.72 bits per heavy atom. The zero-order valence-electron chi connectivity index (χ0n) is 20.2. The Bertz CT molecular complexity index is 1330. The molecule has 1 amide bonds. The van der Waals surface area contributed by atoms with Gasteiger partial charge in [-0.3, -0.25) is 14.5 Å². The average Bonchev–Trinajstić information content (AvgIpc) is 3.15. The molecule has 0 bridgehead atoms. The minimum atomic E-state index is -0.986. The van der Waals surface area contributed by atoms with Crippen molar-refractivity contribution < 1.29 is 24.5 Å². The molecule has 1 aliphatic rings. The van der Waals surface area contributed by atoms with E-state index >= 15 is 0 Å². The number of ketones is 1. The first kappa shape index (κ1) is 25.1. The number of phenolic OH excluding ortho intramolecular Hbond substituents is 1. The van der Waals surface area contributed by atoms with Crippen LogP contribution in [0.5, 0.6) is 11.5 Å². The number of nitrogens with zero attached hydrogens (tertiary/aromatic N) is 2. The van der Waals surface area contributed by atoms with Crippen molar-refractivity contribution in [1.29, 1.82) is 0 Å². The lowest BCUT2D eigenvalue weighted by atomic mass is 9.94. The van der Waals surface area contributed by atoms with E-state index in [1.807, 2.05) is 12.1 Å². The van der Waals surface area contributed by atoms with Gasteiger partial charge in [0, 0.05) is 29.5 Å².